The van der Waals surface area contributed by atoms with Gasteiger partial charge < -0.3 is 10.1 Å². The van der Waals surface area contributed by atoms with Crippen LogP contribution in [0.3, 0.4) is 0 Å². The van der Waals surface area contributed by atoms with Gasteiger partial charge in [-0.15, -0.1) is 0 Å². The number of carbonyl (C=O) groups is 1. The Balaban J connectivity index is 1.93. The van der Waals surface area contributed by atoms with E-state index in [0.29, 0.717) is 17.9 Å². The molecule has 4 nitrogen and oxygen atoms in total. The number of hydrogen-bond acceptors (Lipinski definition) is 3. The van der Waals surface area contributed by atoms with Crippen LogP contribution < -0.4 is 15.4 Å². The van der Waals surface area contributed by atoms with Crippen molar-refractivity contribution in [3.8, 4) is 5.75 Å². The number of carbonyl (C=O) groups excluding carboxylic acids is 1. The van der Waals surface area contributed by atoms with Gasteiger partial charge in [0.15, 0.2) is 5.11 Å². The molecular formula is C20H23BrN2O2S. The first-order valence-electron chi connectivity index (χ1n) is 8.70. The van der Waals surface area contributed by atoms with E-state index in [-0.39, 0.29) is 11.0 Å². The van der Waals surface area contributed by atoms with Gasteiger partial charge in [0.25, 0.3) is 5.91 Å². The maximum Gasteiger partial charge on any atom is 0.261 e. The van der Waals surface area contributed by atoms with Crippen LogP contribution in [0.1, 0.15) is 43.0 Å². The molecule has 2 N–H and O–H groups in total. The third-order valence-electron chi connectivity index (χ3n) is 3.70. The highest BCUT2D eigenvalue weighted by atomic mass is 79.9. The minimum atomic E-state index is -0.290. The van der Waals surface area contributed by atoms with Gasteiger partial charge >= 0.3 is 0 Å². The van der Waals surface area contributed by atoms with Gasteiger partial charge in [-0.3, -0.25) is 10.1 Å². The zero-order valence-corrected chi connectivity index (χ0v) is 17.2. The van der Waals surface area contributed by atoms with E-state index >= 15 is 0 Å². The second-order valence-electron chi connectivity index (χ2n) is 5.82. The Bertz CT molecular complexity index is 752. The lowest BCUT2D eigenvalue weighted by Gasteiger charge is -2.13. The van der Waals surface area contributed by atoms with Gasteiger partial charge in [0.1, 0.15) is 5.75 Å². The van der Waals surface area contributed by atoms with Gasteiger partial charge in [-0.1, -0.05) is 60.3 Å². The minimum absolute atomic E-state index is 0.242. The average molecular weight is 435 g/mol. The fourth-order valence-corrected chi connectivity index (χ4v) is 3.00. The number of nitrogens with one attached hydrogen (secondary N) is 2. The highest BCUT2D eigenvalue weighted by Gasteiger charge is 2.13. The van der Waals surface area contributed by atoms with Crippen molar-refractivity contribution in [2.45, 2.75) is 32.6 Å². The van der Waals surface area contributed by atoms with Crippen LogP contribution >= 0.6 is 28.1 Å². The molecule has 0 aliphatic carbocycles. The molecule has 26 heavy (non-hydrogen) atoms. The van der Waals surface area contributed by atoms with Crippen molar-refractivity contribution >= 4 is 44.9 Å². The highest BCUT2D eigenvalue weighted by Crippen LogP contribution is 2.19. The summed E-state index contributed by atoms with van der Waals surface area (Å²) in [6.45, 7) is 2.77. The summed E-state index contributed by atoms with van der Waals surface area (Å²) in [5.41, 5.74) is 1.27. The predicted octanol–water partition coefficient (Wildman–Crippen LogP) is 5.54. The van der Waals surface area contributed by atoms with Crippen LogP contribution in [0.25, 0.3) is 0 Å². The Morgan fingerprint density at radius 1 is 1.12 bits per heavy atom. The molecule has 0 saturated heterocycles. The molecule has 0 spiro atoms. The molecule has 0 radical (unpaired) electrons. The van der Waals surface area contributed by atoms with Crippen molar-refractivity contribution in [2.24, 2.45) is 0 Å². The number of halogens is 1. The molecule has 2 aromatic carbocycles. The van der Waals surface area contributed by atoms with Crippen LogP contribution in [0.15, 0.2) is 53.0 Å². The molecule has 6 heteroatoms. The highest BCUT2D eigenvalue weighted by molar-refractivity contribution is 9.10. The summed E-state index contributed by atoms with van der Waals surface area (Å²) < 4.78 is 6.72. The zero-order valence-electron chi connectivity index (χ0n) is 14.8. The second kappa shape index (κ2) is 10.9. The molecule has 0 unspecified atom stereocenters. The third kappa shape index (κ3) is 6.77. The Labute approximate surface area is 168 Å². The van der Waals surface area contributed by atoms with Crippen molar-refractivity contribution in [1.29, 1.82) is 0 Å². The van der Waals surface area contributed by atoms with Crippen molar-refractivity contribution in [3.63, 3.8) is 0 Å². The second-order valence-corrected chi connectivity index (χ2v) is 7.15. The Hall–Kier alpha value is -1.92. The van der Waals surface area contributed by atoms with Gasteiger partial charge in [0, 0.05) is 10.2 Å². The standard InChI is InChI=1S/C20H23BrN2O2S/c1-2-3-4-7-13-25-18-12-6-5-11-17(18)19(24)23-20(26)22-16-10-8-9-15(21)14-16/h5-6,8-12,14H,2-4,7,13H2,1H3,(H2,22,23,24,26). The number of benzene rings is 2. The van der Waals surface area contributed by atoms with Crippen LogP contribution in [0.2, 0.25) is 0 Å². The number of unbranched alkanes of at least 4 members (excludes halogenated alkanes) is 3. The molecule has 2 aromatic rings. The number of amides is 1. The Kier molecular flexibility index (Phi) is 8.58. The maximum absolute atomic E-state index is 12.5. The van der Waals surface area contributed by atoms with Crippen LogP contribution in [-0.2, 0) is 0 Å². The molecule has 1 amide bonds. The van der Waals surface area contributed by atoms with Crippen molar-refractivity contribution < 1.29 is 9.53 Å². The quantitative estimate of drug-likeness (QED) is 0.423. The first kappa shape index (κ1) is 20.4. The lowest BCUT2D eigenvalue weighted by molar-refractivity contribution is 0.0973. The van der Waals surface area contributed by atoms with Gasteiger partial charge in [0.05, 0.1) is 12.2 Å². The van der Waals surface area contributed by atoms with Crippen LogP contribution in [0, 0.1) is 0 Å². The lowest BCUT2D eigenvalue weighted by atomic mass is 10.2. The number of anilines is 1. The van der Waals surface area contributed by atoms with E-state index in [4.69, 9.17) is 17.0 Å². The molecule has 0 aliphatic heterocycles. The molecule has 0 saturated carbocycles. The van der Waals surface area contributed by atoms with Crippen molar-refractivity contribution in [1.82, 2.24) is 5.32 Å². The lowest BCUT2D eigenvalue weighted by Crippen LogP contribution is -2.34. The molecule has 138 valence electrons. The fraction of sp³-hybridized carbons (Fsp3) is 0.300. The number of hydrogen-bond donors (Lipinski definition) is 2. The van der Waals surface area contributed by atoms with E-state index in [0.717, 1.165) is 23.0 Å². The summed E-state index contributed by atoms with van der Waals surface area (Å²) in [5, 5.41) is 5.94. The van der Waals surface area contributed by atoms with Gasteiger partial charge in [-0.25, -0.2) is 0 Å². The van der Waals surface area contributed by atoms with E-state index in [1.807, 2.05) is 36.4 Å². The Morgan fingerprint density at radius 2 is 1.92 bits per heavy atom. The first-order valence-corrected chi connectivity index (χ1v) is 9.90. The number of ether oxygens (including phenoxy) is 1. The van der Waals surface area contributed by atoms with Gasteiger partial charge in [-0.2, -0.15) is 0 Å². The minimum Gasteiger partial charge on any atom is -0.493 e. The fourth-order valence-electron chi connectivity index (χ4n) is 2.39. The molecular weight excluding hydrogens is 412 g/mol. The van der Waals surface area contributed by atoms with E-state index in [1.54, 1.807) is 12.1 Å². The van der Waals surface area contributed by atoms with E-state index in [1.165, 1.54) is 12.8 Å². The molecule has 2 rings (SSSR count). The van der Waals surface area contributed by atoms with Crippen LogP contribution in [0.5, 0.6) is 5.75 Å². The van der Waals surface area contributed by atoms with E-state index < -0.39 is 0 Å². The summed E-state index contributed by atoms with van der Waals surface area (Å²) in [6, 6.07) is 14.8. The molecule has 0 atom stereocenters. The largest absolute Gasteiger partial charge is 0.493 e. The topological polar surface area (TPSA) is 50.4 Å². The summed E-state index contributed by atoms with van der Waals surface area (Å²) in [6.07, 6.45) is 4.49. The smallest absolute Gasteiger partial charge is 0.261 e. The SMILES string of the molecule is CCCCCCOc1ccccc1C(=O)NC(=S)Nc1cccc(Br)c1. The molecule has 0 bridgehead atoms. The van der Waals surface area contributed by atoms with Crippen LogP contribution in [-0.4, -0.2) is 17.6 Å². The van der Waals surface area contributed by atoms with Gasteiger partial charge in [-0.05, 0) is 49.0 Å². The monoisotopic (exact) mass is 434 g/mol. The Morgan fingerprint density at radius 3 is 2.69 bits per heavy atom. The number of rotatable bonds is 8. The van der Waals surface area contributed by atoms with Gasteiger partial charge in [0.2, 0.25) is 0 Å². The number of para-hydroxylation sites is 1. The zero-order chi connectivity index (χ0) is 18.8. The third-order valence-corrected chi connectivity index (χ3v) is 4.39. The van der Waals surface area contributed by atoms with E-state index in [2.05, 4.69) is 33.5 Å². The summed E-state index contributed by atoms with van der Waals surface area (Å²) in [5.74, 6) is 0.286. The predicted molar refractivity (Wildman–Crippen MR) is 114 cm³/mol. The maximum atomic E-state index is 12.5. The molecule has 0 aromatic heterocycles. The number of thiocarbonyl (C=S) groups is 1. The summed E-state index contributed by atoms with van der Waals surface area (Å²) in [4.78, 5) is 12.5. The van der Waals surface area contributed by atoms with Crippen LogP contribution in [0.4, 0.5) is 5.69 Å². The summed E-state index contributed by atoms with van der Waals surface area (Å²) >= 11 is 8.64. The van der Waals surface area contributed by atoms with Crippen molar-refractivity contribution in [3.05, 3.63) is 58.6 Å². The van der Waals surface area contributed by atoms with E-state index in [9.17, 15) is 4.79 Å². The van der Waals surface area contributed by atoms with Crippen molar-refractivity contribution in [2.75, 3.05) is 11.9 Å². The first-order chi connectivity index (χ1) is 12.6. The summed E-state index contributed by atoms with van der Waals surface area (Å²) in [7, 11) is 0. The molecule has 0 fully saturated rings. The molecule has 0 heterocycles. The average Bonchev–Trinajstić information content (AvgIpc) is 2.61. The molecule has 0 aliphatic rings. The normalized spacial score (nSPS) is 10.2.